The van der Waals surface area contributed by atoms with Crippen molar-refractivity contribution >= 4 is 5.91 Å². The van der Waals surface area contributed by atoms with Crippen LogP contribution in [-0.4, -0.2) is 43.5 Å². The van der Waals surface area contributed by atoms with E-state index in [0.29, 0.717) is 0 Å². The molecule has 0 bridgehead atoms. The molecule has 15 heavy (non-hydrogen) atoms. The van der Waals surface area contributed by atoms with Crippen LogP contribution in [-0.2, 0) is 4.79 Å². The standard InChI is InChI=1S/C11H23N3O/c1-10(15)13-6-9-14-7-3-11(2-5-12)4-8-14/h11H,2-9,12H2,1H3,(H,13,15). The lowest BCUT2D eigenvalue weighted by molar-refractivity contribution is -0.119. The lowest BCUT2D eigenvalue weighted by atomic mass is 9.94. The molecule has 4 heteroatoms. The molecule has 0 aromatic rings. The summed E-state index contributed by atoms with van der Waals surface area (Å²) in [6, 6.07) is 0. The molecule has 1 saturated heterocycles. The Morgan fingerprint density at radius 1 is 1.47 bits per heavy atom. The van der Waals surface area contributed by atoms with Crippen molar-refractivity contribution in [3.05, 3.63) is 0 Å². The monoisotopic (exact) mass is 213 g/mol. The van der Waals surface area contributed by atoms with Crippen molar-refractivity contribution < 1.29 is 4.79 Å². The molecule has 0 radical (unpaired) electrons. The highest BCUT2D eigenvalue weighted by molar-refractivity contribution is 5.72. The molecule has 0 aliphatic carbocycles. The number of amides is 1. The maximum Gasteiger partial charge on any atom is 0.216 e. The average molecular weight is 213 g/mol. The topological polar surface area (TPSA) is 58.4 Å². The number of likely N-dealkylation sites (tertiary alicyclic amines) is 1. The van der Waals surface area contributed by atoms with Crippen molar-refractivity contribution in [3.8, 4) is 0 Å². The number of nitrogens with two attached hydrogens (primary N) is 1. The zero-order valence-electron chi connectivity index (χ0n) is 9.67. The van der Waals surface area contributed by atoms with Gasteiger partial charge in [0.1, 0.15) is 0 Å². The van der Waals surface area contributed by atoms with Gasteiger partial charge in [0.25, 0.3) is 0 Å². The smallest absolute Gasteiger partial charge is 0.216 e. The maximum atomic E-state index is 10.7. The maximum absolute atomic E-state index is 10.7. The number of hydrogen-bond acceptors (Lipinski definition) is 3. The van der Waals surface area contributed by atoms with E-state index in [1.54, 1.807) is 6.92 Å². The summed E-state index contributed by atoms with van der Waals surface area (Å²) in [5.74, 6) is 0.889. The van der Waals surface area contributed by atoms with Crippen molar-refractivity contribution in [1.29, 1.82) is 0 Å². The minimum atomic E-state index is 0.0630. The van der Waals surface area contributed by atoms with Crippen molar-refractivity contribution in [2.75, 3.05) is 32.7 Å². The number of hydrogen-bond donors (Lipinski definition) is 2. The van der Waals surface area contributed by atoms with Gasteiger partial charge in [-0.1, -0.05) is 0 Å². The zero-order chi connectivity index (χ0) is 11.1. The molecule has 88 valence electrons. The molecule has 0 saturated carbocycles. The second-order valence-electron chi connectivity index (χ2n) is 4.35. The normalized spacial score (nSPS) is 19.1. The van der Waals surface area contributed by atoms with E-state index in [1.807, 2.05) is 0 Å². The van der Waals surface area contributed by atoms with Crippen molar-refractivity contribution in [2.45, 2.75) is 26.2 Å². The van der Waals surface area contributed by atoms with Gasteiger partial charge in [-0.3, -0.25) is 4.79 Å². The summed E-state index contributed by atoms with van der Waals surface area (Å²) in [5, 5.41) is 2.83. The first kappa shape index (κ1) is 12.5. The second kappa shape index (κ2) is 6.80. The summed E-state index contributed by atoms with van der Waals surface area (Å²) < 4.78 is 0. The van der Waals surface area contributed by atoms with Crippen LogP contribution in [0.3, 0.4) is 0 Å². The predicted molar refractivity (Wildman–Crippen MR) is 61.5 cm³/mol. The van der Waals surface area contributed by atoms with Crippen molar-refractivity contribution in [2.24, 2.45) is 11.7 Å². The highest BCUT2D eigenvalue weighted by Crippen LogP contribution is 2.19. The molecule has 0 aromatic heterocycles. The van der Waals surface area contributed by atoms with E-state index in [1.165, 1.54) is 19.3 Å². The Morgan fingerprint density at radius 2 is 2.13 bits per heavy atom. The quantitative estimate of drug-likeness (QED) is 0.685. The average Bonchev–Trinajstić information content (AvgIpc) is 2.20. The first-order chi connectivity index (χ1) is 7.22. The van der Waals surface area contributed by atoms with Crippen molar-refractivity contribution in [1.82, 2.24) is 10.2 Å². The largest absolute Gasteiger partial charge is 0.355 e. The second-order valence-corrected chi connectivity index (χ2v) is 4.35. The summed E-state index contributed by atoms with van der Waals surface area (Å²) >= 11 is 0. The van der Waals surface area contributed by atoms with Gasteiger partial charge in [0.15, 0.2) is 0 Å². The Labute approximate surface area is 92.2 Å². The Balaban J connectivity index is 2.06. The summed E-state index contributed by atoms with van der Waals surface area (Å²) in [5.41, 5.74) is 5.55. The molecular weight excluding hydrogens is 190 g/mol. The Kier molecular flexibility index (Phi) is 5.65. The van der Waals surface area contributed by atoms with Crippen LogP contribution in [0.5, 0.6) is 0 Å². The highest BCUT2D eigenvalue weighted by atomic mass is 16.1. The summed E-state index contributed by atoms with van der Waals surface area (Å²) in [6.45, 7) is 6.45. The van der Waals surface area contributed by atoms with Gasteiger partial charge in [-0.2, -0.15) is 0 Å². The number of piperidine rings is 1. The lowest BCUT2D eigenvalue weighted by Crippen LogP contribution is -2.39. The van der Waals surface area contributed by atoms with Crippen LogP contribution < -0.4 is 11.1 Å². The molecule has 0 atom stereocenters. The van der Waals surface area contributed by atoms with E-state index in [0.717, 1.165) is 38.6 Å². The molecule has 0 spiro atoms. The summed E-state index contributed by atoms with van der Waals surface area (Å²) in [4.78, 5) is 13.1. The fraction of sp³-hybridized carbons (Fsp3) is 0.909. The first-order valence-corrected chi connectivity index (χ1v) is 5.89. The van der Waals surface area contributed by atoms with Gasteiger partial charge in [-0.05, 0) is 44.8 Å². The Morgan fingerprint density at radius 3 is 2.67 bits per heavy atom. The van der Waals surface area contributed by atoms with Crippen LogP contribution >= 0.6 is 0 Å². The lowest BCUT2D eigenvalue weighted by Gasteiger charge is -2.31. The molecule has 1 aliphatic rings. The minimum Gasteiger partial charge on any atom is -0.355 e. The van der Waals surface area contributed by atoms with E-state index in [4.69, 9.17) is 5.73 Å². The van der Waals surface area contributed by atoms with Crippen LogP contribution in [0.1, 0.15) is 26.2 Å². The number of rotatable bonds is 5. The first-order valence-electron chi connectivity index (χ1n) is 5.89. The molecule has 0 aromatic carbocycles. The fourth-order valence-electron chi connectivity index (χ4n) is 2.12. The predicted octanol–water partition coefficient (Wildman–Crippen LogP) is 0.183. The van der Waals surface area contributed by atoms with Crippen LogP contribution in [0.25, 0.3) is 0 Å². The molecule has 0 unspecified atom stereocenters. The molecule has 3 N–H and O–H groups in total. The zero-order valence-corrected chi connectivity index (χ0v) is 9.67. The molecule has 1 fully saturated rings. The highest BCUT2D eigenvalue weighted by Gasteiger charge is 2.17. The number of carbonyl (C=O) groups excluding carboxylic acids is 1. The van der Waals surface area contributed by atoms with E-state index in [2.05, 4.69) is 10.2 Å². The van der Waals surface area contributed by atoms with Crippen LogP contribution in [0.2, 0.25) is 0 Å². The van der Waals surface area contributed by atoms with E-state index in [9.17, 15) is 4.79 Å². The van der Waals surface area contributed by atoms with Gasteiger partial charge in [0.05, 0.1) is 0 Å². The van der Waals surface area contributed by atoms with Crippen LogP contribution in [0, 0.1) is 5.92 Å². The Bertz CT molecular complexity index is 188. The van der Waals surface area contributed by atoms with Gasteiger partial charge in [0.2, 0.25) is 5.91 Å². The molecule has 1 amide bonds. The van der Waals surface area contributed by atoms with Crippen molar-refractivity contribution in [3.63, 3.8) is 0 Å². The molecule has 1 heterocycles. The van der Waals surface area contributed by atoms with Gasteiger partial charge >= 0.3 is 0 Å². The number of nitrogens with one attached hydrogen (secondary N) is 1. The minimum absolute atomic E-state index is 0.0630. The number of carbonyl (C=O) groups is 1. The molecule has 1 aliphatic heterocycles. The summed E-state index contributed by atoms with van der Waals surface area (Å²) in [6.07, 6.45) is 3.69. The third kappa shape index (κ3) is 5.14. The Hall–Kier alpha value is -0.610. The number of nitrogens with zero attached hydrogens (tertiary/aromatic N) is 1. The third-order valence-electron chi connectivity index (χ3n) is 3.08. The molecule has 4 nitrogen and oxygen atoms in total. The summed E-state index contributed by atoms with van der Waals surface area (Å²) in [7, 11) is 0. The fourth-order valence-corrected chi connectivity index (χ4v) is 2.12. The van der Waals surface area contributed by atoms with E-state index >= 15 is 0 Å². The van der Waals surface area contributed by atoms with Gasteiger partial charge in [-0.15, -0.1) is 0 Å². The van der Waals surface area contributed by atoms with Crippen LogP contribution in [0.4, 0.5) is 0 Å². The SMILES string of the molecule is CC(=O)NCCN1CCC(CCN)CC1. The third-order valence-corrected chi connectivity index (χ3v) is 3.08. The van der Waals surface area contributed by atoms with E-state index < -0.39 is 0 Å². The molecule has 1 rings (SSSR count). The van der Waals surface area contributed by atoms with Crippen LogP contribution in [0.15, 0.2) is 0 Å². The van der Waals surface area contributed by atoms with E-state index in [-0.39, 0.29) is 5.91 Å². The molecular formula is C11H23N3O. The van der Waals surface area contributed by atoms with Gasteiger partial charge in [0, 0.05) is 20.0 Å². The van der Waals surface area contributed by atoms with Gasteiger partial charge in [-0.25, -0.2) is 0 Å². The van der Waals surface area contributed by atoms with Gasteiger partial charge < -0.3 is 16.0 Å².